The number of alkyl halides is 5. The zero-order chi connectivity index (χ0) is 20.2. The monoisotopic (exact) mass is 396 g/mol. The summed E-state index contributed by atoms with van der Waals surface area (Å²) in [5, 5.41) is 0. The van der Waals surface area contributed by atoms with Crippen molar-refractivity contribution in [2.45, 2.75) is 38.7 Å². The first-order chi connectivity index (χ1) is 12.5. The molecule has 0 saturated heterocycles. The molecule has 0 atom stereocenters. The van der Waals surface area contributed by atoms with E-state index in [2.05, 4.69) is 9.47 Å². The van der Waals surface area contributed by atoms with Crippen molar-refractivity contribution in [3.05, 3.63) is 59.2 Å². The summed E-state index contributed by atoms with van der Waals surface area (Å²) in [7, 11) is 0. The maximum Gasteiger partial charge on any atom is 0.573 e. The molecule has 0 aliphatic carbocycles. The first-order valence-electron chi connectivity index (χ1n) is 7.93. The molecule has 0 N–H and O–H groups in total. The highest BCUT2D eigenvalue weighted by Gasteiger charge is 2.37. The average molecular weight is 396 g/mol. The van der Waals surface area contributed by atoms with Crippen LogP contribution in [0.3, 0.4) is 0 Å². The molecule has 0 bridgehead atoms. The smallest absolute Gasteiger partial charge is 0.429 e. The van der Waals surface area contributed by atoms with Gasteiger partial charge < -0.3 is 9.47 Å². The standard InChI is InChI=1S/C18H15F7O2/c1-2-3-4-11-5-7-12(8-6-11)17(21,22)26-13-9-14(19)16(15(20)10-13)27-18(23,24)25/h5-10H,2-4H2,1H3. The van der Waals surface area contributed by atoms with Crippen LogP contribution in [0.1, 0.15) is 30.9 Å². The van der Waals surface area contributed by atoms with Crippen molar-refractivity contribution in [1.29, 1.82) is 0 Å². The average Bonchev–Trinajstić information content (AvgIpc) is 2.55. The Hall–Kier alpha value is -2.45. The van der Waals surface area contributed by atoms with Crippen molar-refractivity contribution in [3.8, 4) is 11.5 Å². The number of rotatable bonds is 7. The molecule has 2 rings (SSSR count). The highest BCUT2D eigenvalue weighted by molar-refractivity contribution is 5.36. The topological polar surface area (TPSA) is 18.5 Å². The van der Waals surface area contributed by atoms with Crippen LogP contribution in [-0.4, -0.2) is 6.36 Å². The maximum atomic E-state index is 14.2. The van der Waals surface area contributed by atoms with Crippen molar-refractivity contribution in [2.24, 2.45) is 0 Å². The molecule has 0 aliphatic rings. The highest BCUT2D eigenvalue weighted by Crippen LogP contribution is 2.36. The van der Waals surface area contributed by atoms with E-state index in [1.165, 1.54) is 12.1 Å². The van der Waals surface area contributed by atoms with Crippen molar-refractivity contribution in [3.63, 3.8) is 0 Å². The molecule has 148 valence electrons. The van der Waals surface area contributed by atoms with Crippen LogP contribution in [-0.2, 0) is 12.5 Å². The fourth-order valence-electron chi connectivity index (χ4n) is 2.26. The molecule has 0 radical (unpaired) electrons. The first kappa shape index (κ1) is 20.9. The van der Waals surface area contributed by atoms with Gasteiger partial charge in [0.25, 0.3) is 0 Å². The van der Waals surface area contributed by atoms with Crippen LogP contribution in [0.25, 0.3) is 0 Å². The molecule has 0 amide bonds. The number of benzene rings is 2. The van der Waals surface area contributed by atoms with E-state index in [1.54, 1.807) is 0 Å². The second-order valence-corrected chi connectivity index (χ2v) is 5.68. The van der Waals surface area contributed by atoms with Crippen molar-refractivity contribution in [1.82, 2.24) is 0 Å². The number of hydrogen-bond acceptors (Lipinski definition) is 2. The van der Waals surface area contributed by atoms with Gasteiger partial charge in [-0.25, -0.2) is 8.78 Å². The number of aryl methyl sites for hydroxylation is 1. The molecule has 0 aromatic heterocycles. The fourth-order valence-corrected chi connectivity index (χ4v) is 2.26. The molecule has 0 aliphatic heterocycles. The Labute approximate surface area is 150 Å². The van der Waals surface area contributed by atoms with Gasteiger partial charge in [-0.05, 0) is 30.5 Å². The number of halogens is 7. The van der Waals surface area contributed by atoms with E-state index < -0.39 is 41.2 Å². The maximum absolute atomic E-state index is 14.2. The van der Waals surface area contributed by atoms with Gasteiger partial charge in [-0.2, -0.15) is 8.78 Å². The summed E-state index contributed by atoms with van der Waals surface area (Å²) < 4.78 is 99.3. The molecule has 2 nitrogen and oxygen atoms in total. The van der Waals surface area contributed by atoms with E-state index >= 15 is 0 Å². The number of hydrogen-bond donors (Lipinski definition) is 0. The predicted octanol–water partition coefficient (Wildman–Crippen LogP) is 6.33. The molecular weight excluding hydrogens is 381 g/mol. The summed E-state index contributed by atoms with van der Waals surface area (Å²) in [6.45, 7) is 1.99. The Balaban J connectivity index is 2.19. The summed E-state index contributed by atoms with van der Waals surface area (Å²) in [4.78, 5) is 0. The van der Waals surface area contributed by atoms with Gasteiger partial charge in [-0.1, -0.05) is 25.5 Å². The SMILES string of the molecule is CCCCc1ccc(C(F)(F)Oc2cc(F)c(OC(F)(F)F)c(F)c2)cc1. The first-order valence-corrected chi connectivity index (χ1v) is 7.93. The second kappa shape index (κ2) is 8.06. The van der Waals surface area contributed by atoms with Gasteiger partial charge in [0.05, 0.1) is 5.56 Å². The van der Waals surface area contributed by atoms with Gasteiger partial charge >= 0.3 is 12.5 Å². The van der Waals surface area contributed by atoms with Gasteiger partial charge in [-0.15, -0.1) is 13.2 Å². The summed E-state index contributed by atoms with van der Waals surface area (Å²) in [6.07, 6.45) is -6.76. The van der Waals surface area contributed by atoms with Gasteiger partial charge in [0, 0.05) is 12.1 Å². The molecule has 2 aromatic carbocycles. The summed E-state index contributed by atoms with van der Waals surface area (Å²) in [5.41, 5.74) is 0.265. The summed E-state index contributed by atoms with van der Waals surface area (Å²) in [6, 6.07) is 5.55. The van der Waals surface area contributed by atoms with E-state index in [-0.39, 0.29) is 12.1 Å². The van der Waals surface area contributed by atoms with Crippen LogP contribution < -0.4 is 9.47 Å². The van der Waals surface area contributed by atoms with Crippen LogP contribution in [0.2, 0.25) is 0 Å². The third-order valence-corrected chi connectivity index (χ3v) is 3.54. The Bertz CT molecular complexity index is 747. The van der Waals surface area contributed by atoms with Crippen molar-refractivity contribution >= 4 is 0 Å². The van der Waals surface area contributed by atoms with Gasteiger partial charge in [0.1, 0.15) is 5.75 Å². The molecule has 9 heteroatoms. The lowest BCUT2D eigenvalue weighted by atomic mass is 10.1. The summed E-state index contributed by atoms with van der Waals surface area (Å²) >= 11 is 0. The predicted molar refractivity (Wildman–Crippen MR) is 82.6 cm³/mol. The van der Waals surface area contributed by atoms with Gasteiger partial charge in [-0.3, -0.25) is 0 Å². The highest BCUT2D eigenvalue weighted by atomic mass is 19.4. The molecular formula is C18H15F7O2. The van der Waals surface area contributed by atoms with Crippen LogP contribution in [0.4, 0.5) is 30.7 Å². The normalized spacial score (nSPS) is 12.1. The van der Waals surface area contributed by atoms with E-state index in [1.807, 2.05) is 6.92 Å². The minimum atomic E-state index is -5.34. The van der Waals surface area contributed by atoms with Crippen molar-refractivity contribution < 1.29 is 40.2 Å². The van der Waals surface area contributed by atoms with E-state index in [9.17, 15) is 30.7 Å². The molecule has 0 saturated carbocycles. The zero-order valence-corrected chi connectivity index (χ0v) is 14.0. The Morgan fingerprint density at radius 1 is 0.852 bits per heavy atom. The van der Waals surface area contributed by atoms with Gasteiger partial charge in [0.15, 0.2) is 11.6 Å². The quantitative estimate of drug-likeness (QED) is 0.509. The molecule has 0 fully saturated rings. The Morgan fingerprint density at radius 3 is 1.89 bits per heavy atom. The third-order valence-electron chi connectivity index (χ3n) is 3.54. The fraction of sp³-hybridized carbons (Fsp3) is 0.333. The number of unbranched alkanes of at least 4 members (excludes halogenated alkanes) is 1. The Kier molecular flexibility index (Phi) is 6.22. The lowest BCUT2D eigenvalue weighted by Crippen LogP contribution is -2.22. The van der Waals surface area contributed by atoms with Crippen LogP contribution in [0, 0.1) is 11.6 Å². The van der Waals surface area contributed by atoms with Crippen LogP contribution in [0.5, 0.6) is 11.5 Å². The van der Waals surface area contributed by atoms with Crippen molar-refractivity contribution in [2.75, 3.05) is 0 Å². The zero-order valence-electron chi connectivity index (χ0n) is 14.0. The van der Waals surface area contributed by atoms with Crippen LogP contribution in [0.15, 0.2) is 36.4 Å². The second-order valence-electron chi connectivity index (χ2n) is 5.68. The largest absolute Gasteiger partial charge is 0.573 e. The van der Waals surface area contributed by atoms with E-state index in [0.29, 0.717) is 6.42 Å². The Morgan fingerprint density at radius 2 is 1.41 bits per heavy atom. The van der Waals surface area contributed by atoms with E-state index in [4.69, 9.17) is 0 Å². The molecule has 0 heterocycles. The van der Waals surface area contributed by atoms with Crippen LogP contribution >= 0.6 is 0 Å². The minimum absolute atomic E-state index is 0.188. The lowest BCUT2D eigenvalue weighted by molar-refractivity contribution is -0.276. The van der Waals surface area contributed by atoms with Gasteiger partial charge in [0.2, 0.25) is 5.75 Å². The minimum Gasteiger partial charge on any atom is -0.429 e. The van der Waals surface area contributed by atoms with E-state index in [0.717, 1.165) is 30.5 Å². The lowest BCUT2D eigenvalue weighted by Gasteiger charge is -2.19. The molecule has 27 heavy (non-hydrogen) atoms. The number of ether oxygens (including phenoxy) is 2. The third kappa shape index (κ3) is 5.77. The molecule has 0 unspecified atom stereocenters. The summed E-state index contributed by atoms with van der Waals surface area (Å²) in [5.74, 6) is -6.39. The molecule has 0 spiro atoms. The molecule has 2 aromatic rings.